The molecule has 102 valence electrons. The van der Waals surface area contributed by atoms with Gasteiger partial charge in [0.25, 0.3) is 5.91 Å². The molecule has 20 heavy (non-hydrogen) atoms. The van der Waals surface area contributed by atoms with Gasteiger partial charge in [-0.1, -0.05) is 23.4 Å². The lowest BCUT2D eigenvalue weighted by molar-refractivity contribution is 0.101. The Hall–Kier alpha value is -2.29. The molecule has 0 atom stereocenters. The van der Waals surface area contributed by atoms with Crippen molar-refractivity contribution in [3.63, 3.8) is 0 Å². The second-order valence-corrected chi connectivity index (χ2v) is 4.48. The number of rotatable bonds is 2. The van der Waals surface area contributed by atoms with Crippen molar-refractivity contribution in [2.45, 2.75) is 0 Å². The van der Waals surface area contributed by atoms with Crippen molar-refractivity contribution < 1.29 is 4.79 Å². The second-order valence-electron chi connectivity index (χ2n) is 4.04. The van der Waals surface area contributed by atoms with E-state index in [-0.39, 0.29) is 12.5 Å². The Labute approximate surface area is 121 Å². The molecule has 0 aliphatic rings. The van der Waals surface area contributed by atoms with Crippen LogP contribution in [0.4, 0.5) is 5.69 Å². The van der Waals surface area contributed by atoms with Gasteiger partial charge in [-0.3, -0.25) is 4.79 Å². The summed E-state index contributed by atoms with van der Waals surface area (Å²) >= 11 is 5.95. The summed E-state index contributed by atoms with van der Waals surface area (Å²) in [6, 6.07) is 5.10. The minimum Gasteiger partial charge on any atom is -0.330 e. The van der Waals surface area contributed by atoms with Crippen molar-refractivity contribution in [2.24, 2.45) is 12.8 Å². The molecule has 0 saturated carbocycles. The highest BCUT2D eigenvalue weighted by atomic mass is 35.5. The van der Waals surface area contributed by atoms with E-state index >= 15 is 0 Å². The summed E-state index contributed by atoms with van der Waals surface area (Å²) in [5.74, 6) is 5.37. The molecule has 1 amide bonds. The van der Waals surface area contributed by atoms with Gasteiger partial charge in [-0.2, -0.15) is 0 Å². The van der Waals surface area contributed by atoms with Gasteiger partial charge >= 0.3 is 0 Å². The summed E-state index contributed by atoms with van der Waals surface area (Å²) in [5, 5.41) is 3.29. The van der Waals surface area contributed by atoms with Crippen LogP contribution in [0.2, 0.25) is 5.02 Å². The molecule has 1 aromatic heterocycles. The standard InChI is InChI=1S/C14H13ClN4O/c1-19-9-17-8-13(19)14(20)18-12-7-11(15)5-4-10(12)3-2-6-16/h4-5,7-9H,6,16H2,1H3,(H,18,20). The summed E-state index contributed by atoms with van der Waals surface area (Å²) in [7, 11) is 1.75. The number of aromatic nitrogens is 2. The number of benzene rings is 1. The number of carbonyl (C=O) groups excluding carboxylic acids is 1. The first kappa shape index (κ1) is 14.1. The number of anilines is 1. The van der Waals surface area contributed by atoms with Crippen molar-refractivity contribution in [1.29, 1.82) is 0 Å². The molecule has 0 aliphatic heterocycles. The highest BCUT2D eigenvalue weighted by Gasteiger charge is 2.12. The average Bonchev–Trinajstić information content (AvgIpc) is 2.84. The fraction of sp³-hybridized carbons (Fsp3) is 0.143. The van der Waals surface area contributed by atoms with Crippen LogP contribution in [0.25, 0.3) is 0 Å². The van der Waals surface area contributed by atoms with Crippen LogP contribution in [-0.4, -0.2) is 22.0 Å². The number of nitrogens with two attached hydrogens (primary N) is 1. The Morgan fingerprint density at radius 3 is 3.00 bits per heavy atom. The predicted molar refractivity (Wildman–Crippen MR) is 78.5 cm³/mol. The molecule has 0 aliphatic carbocycles. The Morgan fingerprint density at radius 1 is 1.55 bits per heavy atom. The van der Waals surface area contributed by atoms with Gasteiger partial charge in [0.1, 0.15) is 5.69 Å². The van der Waals surface area contributed by atoms with Crippen LogP contribution < -0.4 is 11.1 Å². The SMILES string of the molecule is Cn1cncc1C(=O)Nc1cc(Cl)ccc1C#CCN. The maximum Gasteiger partial charge on any atom is 0.273 e. The number of aryl methyl sites for hydroxylation is 1. The third-order valence-electron chi connectivity index (χ3n) is 2.60. The molecule has 1 heterocycles. The van der Waals surface area contributed by atoms with E-state index in [2.05, 4.69) is 22.1 Å². The van der Waals surface area contributed by atoms with Crippen molar-refractivity contribution in [1.82, 2.24) is 9.55 Å². The number of nitrogens with one attached hydrogen (secondary N) is 1. The largest absolute Gasteiger partial charge is 0.330 e. The van der Waals surface area contributed by atoms with Gasteiger partial charge in [0.2, 0.25) is 0 Å². The molecule has 0 bridgehead atoms. The first-order chi connectivity index (χ1) is 9.61. The molecule has 2 aromatic rings. The Bertz CT molecular complexity index is 697. The van der Waals surface area contributed by atoms with E-state index in [0.717, 1.165) is 0 Å². The smallest absolute Gasteiger partial charge is 0.273 e. The number of carbonyl (C=O) groups is 1. The lowest BCUT2D eigenvalue weighted by atomic mass is 10.1. The normalized spacial score (nSPS) is 9.75. The fourth-order valence-electron chi connectivity index (χ4n) is 1.64. The van der Waals surface area contributed by atoms with Crippen LogP contribution in [0.15, 0.2) is 30.7 Å². The van der Waals surface area contributed by atoms with E-state index in [1.54, 1.807) is 36.1 Å². The Kier molecular flexibility index (Phi) is 4.41. The topological polar surface area (TPSA) is 72.9 Å². The number of hydrogen-bond donors (Lipinski definition) is 2. The molecule has 2 rings (SSSR count). The fourth-order valence-corrected chi connectivity index (χ4v) is 1.81. The van der Waals surface area contributed by atoms with E-state index in [1.807, 2.05) is 0 Å². The Morgan fingerprint density at radius 2 is 2.35 bits per heavy atom. The van der Waals surface area contributed by atoms with E-state index in [1.165, 1.54) is 6.20 Å². The van der Waals surface area contributed by atoms with Gasteiger partial charge in [-0.05, 0) is 18.2 Å². The highest BCUT2D eigenvalue weighted by Crippen LogP contribution is 2.21. The van der Waals surface area contributed by atoms with E-state index in [4.69, 9.17) is 17.3 Å². The molecular formula is C14H13ClN4O. The summed E-state index contributed by atoms with van der Waals surface area (Å²) < 4.78 is 1.63. The van der Waals surface area contributed by atoms with Crippen LogP contribution in [0.1, 0.15) is 16.1 Å². The quantitative estimate of drug-likeness (QED) is 0.825. The molecule has 6 heteroatoms. The molecule has 1 aromatic carbocycles. The molecule has 0 spiro atoms. The van der Waals surface area contributed by atoms with E-state index in [0.29, 0.717) is 22.0 Å². The van der Waals surface area contributed by atoms with Gasteiger partial charge in [-0.25, -0.2) is 4.98 Å². The van der Waals surface area contributed by atoms with Gasteiger partial charge in [0, 0.05) is 17.6 Å². The van der Waals surface area contributed by atoms with E-state index in [9.17, 15) is 4.79 Å². The zero-order chi connectivity index (χ0) is 14.5. The molecule has 5 nitrogen and oxygen atoms in total. The lowest BCUT2D eigenvalue weighted by Gasteiger charge is -2.08. The first-order valence-electron chi connectivity index (χ1n) is 5.88. The lowest BCUT2D eigenvalue weighted by Crippen LogP contribution is -2.16. The third kappa shape index (κ3) is 3.18. The summed E-state index contributed by atoms with van der Waals surface area (Å²) in [6.07, 6.45) is 3.05. The van der Waals surface area contributed by atoms with Crippen LogP contribution in [0.3, 0.4) is 0 Å². The minimum atomic E-state index is -0.275. The highest BCUT2D eigenvalue weighted by molar-refractivity contribution is 6.31. The van der Waals surface area contributed by atoms with Gasteiger partial charge < -0.3 is 15.6 Å². The number of amides is 1. The minimum absolute atomic E-state index is 0.248. The maximum atomic E-state index is 12.1. The maximum absolute atomic E-state index is 12.1. The zero-order valence-electron chi connectivity index (χ0n) is 10.9. The number of nitrogens with zero attached hydrogens (tertiary/aromatic N) is 2. The second kappa shape index (κ2) is 6.24. The molecular weight excluding hydrogens is 276 g/mol. The van der Waals surface area contributed by atoms with Crippen LogP contribution >= 0.6 is 11.6 Å². The van der Waals surface area contributed by atoms with Crippen LogP contribution in [-0.2, 0) is 7.05 Å². The molecule has 0 unspecified atom stereocenters. The molecule has 0 radical (unpaired) electrons. The summed E-state index contributed by atoms with van der Waals surface area (Å²) in [5.41, 5.74) is 7.01. The van der Waals surface area contributed by atoms with Gasteiger partial charge in [0.15, 0.2) is 0 Å². The molecule has 3 N–H and O–H groups in total. The summed E-state index contributed by atoms with van der Waals surface area (Å²) in [6.45, 7) is 0.248. The van der Waals surface area contributed by atoms with Crippen molar-refractivity contribution >= 4 is 23.2 Å². The molecule has 0 saturated heterocycles. The zero-order valence-corrected chi connectivity index (χ0v) is 11.6. The Balaban J connectivity index is 2.31. The number of halogens is 1. The molecule has 0 fully saturated rings. The average molecular weight is 289 g/mol. The van der Waals surface area contributed by atoms with Gasteiger partial charge in [-0.15, -0.1) is 0 Å². The number of imidazole rings is 1. The van der Waals surface area contributed by atoms with Crippen LogP contribution in [0.5, 0.6) is 0 Å². The number of hydrogen-bond acceptors (Lipinski definition) is 3. The van der Waals surface area contributed by atoms with E-state index < -0.39 is 0 Å². The summed E-state index contributed by atoms with van der Waals surface area (Å²) in [4.78, 5) is 16.1. The van der Waals surface area contributed by atoms with Crippen LogP contribution in [0, 0.1) is 11.8 Å². The first-order valence-corrected chi connectivity index (χ1v) is 6.25. The van der Waals surface area contributed by atoms with Crippen molar-refractivity contribution in [2.75, 3.05) is 11.9 Å². The van der Waals surface area contributed by atoms with Crippen molar-refractivity contribution in [3.05, 3.63) is 47.0 Å². The third-order valence-corrected chi connectivity index (χ3v) is 2.84. The monoisotopic (exact) mass is 288 g/mol. The predicted octanol–water partition coefficient (Wildman–Crippen LogP) is 1.64. The van der Waals surface area contributed by atoms with Gasteiger partial charge in [0.05, 0.1) is 24.8 Å². The van der Waals surface area contributed by atoms with Crippen molar-refractivity contribution in [3.8, 4) is 11.8 Å².